The summed E-state index contributed by atoms with van der Waals surface area (Å²) in [6.45, 7) is 0. The third-order valence-corrected chi connectivity index (χ3v) is 6.81. The van der Waals surface area contributed by atoms with Gasteiger partial charge >= 0.3 is 0 Å². The summed E-state index contributed by atoms with van der Waals surface area (Å²) >= 11 is 0. The van der Waals surface area contributed by atoms with Crippen LogP contribution in [-0.4, -0.2) is 15.0 Å². The Morgan fingerprint density at radius 2 is 0.639 bits per heavy atom. The second-order valence-electron chi connectivity index (χ2n) is 8.93. The van der Waals surface area contributed by atoms with Gasteiger partial charge in [0.15, 0.2) is 0 Å². The Hall–Kier alpha value is -4.89. The number of aromatic nitrogens is 3. The second-order valence-corrected chi connectivity index (χ2v) is 8.93. The molecular weight excluding hydrogens is 438 g/mol. The Morgan fingerprint density at radius 3 is 0.917 bits per heavy atom. The molecule has 0 atom stereocenters. The van der Waals surface area contributed by atoms with Gasteiger partial charge in [-0.05, 0) is 86.9 Å². The average molecular weight is 460 g/mol. The minimum absolute atomic E-state index is 0.972. The van der Waals surface area contributed by atoms with Crippen molar-refractivity contribution in [2.45, 2.75) is 0 Å². The number of hydrogen-bond acceptors (Lipinski definition) is 3. The van der Waals surface area contributed by atoms with Crippen LogP contribution >= 0.6 is 0 Å². The van der Waals surface area contributed by atoms with E-state index in [0.717, 1.165) is 33.8 Å². The normalized spacial score (nSPS) is 11.3. The Kier molecular flexibility index (Phi) is 4.78. The first-order valence-electron chi connectivity index (χ1n) is 12.0. The van der Waals surface area contributed by atoms with Gasteiger partial charge in [0.2, 0.25) is 0 Å². The molecule has 3 nitrogen and oxygen atoms in total. The predicted octanol–water partition coefficient (Wildman–Crippen LogP) is 8.33. The fourth-order valence-electron chi connectivity index (χ4n) is 5.08. The summed E-state index contributed by atoms with van der Waals surface area (Å²) in [5.74, 6) is 0. The van der Waals surface area contributed by atoms with E-state index in [4.69, 9.17) is 0 Å². The standard InChI is InChI=1S/C33H21N3/c1-4-16-34-31(7-1)22-10-13-25-28(19-22)26-14-11-23(32-8-2-5-17-35-32)21-30(26)27-15-12-24(20-29(25)27)33-9-3-6-18-36-33/h1-21H. The van der Waals surface area contributed by atoms with E-state index >= 15 is 0 Å². The summed E-state index contributed by atoms with van der Waals surface area (Å²) < 4.78 is 0. The molecule has 7 aromatic rings. The first kappa shape index (κ1) is 20.5. The Bertz CT molecular complexity index is 1610. The highest BCUT2D eigenvalue weighted by Gasteiger charge is 2.13. The second kappa shape index (κ2) is 8.40. The Balaban J connectivity index is 1.57. The maximum absolute atomic E-state index is 4.59. The fraction of sp³-hybridized carbons (Fsp3) is 0. The molecule has 0 amide bonds. The summed E-state index contributed by atoms with van der Waals surface area (Å²) in [5.41, 5.74) is 6.25. The van der Waals surface area contributed by atoms with Crippen molar-refractivity contribution in [2.75, 3.05) is 0 Å². The third kappa shape index (κ3) is 3.41. The van der Waals surface area contributed by atoms with Crippen molar-refractivity contribution in [3.63, 3.8) is 0 Å². The monoisotopic (exact) mass is 459 g/mol. The minimum atomic E-state index is 0.972. The van der Waals surface area contributed by atoms with Crippen LogP contribution in [0.1, 0.15) is 0 Å². The van der Waals surface area contributed by atoms with Gasteiger partial charge in [0.1, 0.15) is 0 Å². The van der Waals surface area contributed by atoms with Gasteiger partial charge in [0, 0.05) is 35.3 Å². The third-order valence-electron chi connectivity index (χ3n) is 6.81. The number of rotatable bonds is 3. The van der Waals surface area contributed by atoms with Crippen molar-refractivity contribution in [3.05, 3.63) is 128 Å². The van der Waals surface area contributed by atoms with E-state index in [1.54, 1.807) is 0 Å². The topological polar surface area (TPSA) is 38.7 Å². The van der Waals surface area contributed by atoms with Crippen molar-refractivity contribution in [1.29, 1.82) is 0 Å². The van der Waals surface area contributed by atoms with Gasteiger partial charge in [-0.25, -0.2) is 0 Å². The molecule has 0 radical (unpaired) electrons. The minimum Gasteiger partial charge on any atom is -0.256 e. The van der Waals surface area contributed by atoms with Crippen molar-refractivity contribution < 1.29 is 0 Å². The van der Waals surface area contributed by atoms with Crippen LogP contribution in [0.15, 0.2) is 128 Å². The van der Waals surface area contributed by atoms with Gasteiger partial charge in [-0.3, -0.25) is 15.0 Å². The number of benzene rings is 4. The smallest absolute Gasteiger partial charge is 0.0702 e. The number of nitrogens with zero attached hydrogens (tertiary/aromatic N) is 3. The SMILES string of the molecule is c1ccc(-c2ccc3c(c2)c2ccc(-c4ccccn4)cc2c2ccc(-c4ccccn4)cc32)nc1. The van der Waals surface area contributed by atoms with Crippen molar-refractivity contribution >= 4 is 32.3 Å². The highest BCUT2D eigenvalue weighted by molar-refractivity contribution is 6.26. The molecule has 3 aromatic heterocycles. The highest BCUT2D eigenvalue weighted by Crippen LogP contribution is 2.39. The number of fused-ring (bicyclic) bond motifs is 6. The van der Waals surface area contributed by atoms with Gasteiger partial charge < -0.3 is 0 Å². The van der Waals surface area contributed by atoms with Crippen molar-refractivity contribution in [2.24, 2.45) is 0 Å². The van der Waals surface area contributed by atoms with Crippen LogP contribution in [0, 0.1) is 0 Å². The maximum Gasteiger partial charge on any atom is 0.0702 e. The first-order chi connectivity index (χ1) is 17.8. The summed E-state index contributed by atoms with van der Waals surface area (Å²) in [6.07, 6.45) is 5.53. The van der Waals surface area contributed by atoms with Crippen LogP contribution in [0.3, 0.4) is 0 Å². The quantitative estimate of drug-likeness (QED) is 0.249. The Labute approximate surface area is 208 Å². The molecule has 4 aromatic carbocycles. The molecule has 0 aliphatic carbocycles. The molecule has 7 rings (SSSR count). The summed E-state index contributed by atoms with van der Waals surface area (Å²) in [5, 5.41) is 7.31. The van der Waals surface area contributed by atoms with E-state index in [1.807, 2.05) is 55.0 Å². The van der Waals surface area contributed by atoms with Crippen LogP contribution in [-0.2, 0) is 0 Å². The molecule has 0 bridgehead atoms. The number of pyridine rings is 3. The largest absolute Gasteiger partial charge is 0.256 e. The van der Waals surface area contributed by atoms with Gasteiger partial charge in [0.05, 0.1) is 17.1 Å². The molecule has 0 saturated heterocycles. The van der Waals surface area contributed by atoms with E-state index in [9.17, 15) is 0 Å². The lowest BCUT2D eigenvalue weighted by atomic mass is 9.90. The molecule has 0 fully saturated rings. The van der Waals surface area contributed by atoms with Crippen LogP contribution in [0.25, 0.3) is 66.1 Å². The molecule has 0 N–H and O–H groups in total. The van der Waals surface area contributed by atoms with Crippen molar-refractivity contribution in [1.82, 2.24) is 15.0 Å². The molecule has 0 saturated carbocycles. The lowest BCUT2D eigenvalue weighted by Gasteiger charge is -2.14. The van der Waals surface area contributed by atoms with Crippen molar-refractivity contribution in [3.8, 4) is 33.8 Å². The molecule has 0 aliphatic rings. The van der Waals surface area contributed by atoms with Gasteiger partial charge in [-0.1, -0.05) is 54.6 Å². The zero-order valence-electron chi connectivity index (χ0n) is 19.5. The zero-order chi connectivity index (χ0) is 23.9. The number of hydrogen-bond donors (Lipinski definition) is 0. The van der Waals surface area contributed by atoms with Crippen LogP contribution in [0.4, 0.5) is 0 Å². The molecule has 168 valence electrons. The highest BCUT2D eigenvalue weighted by atomic mass is 14.7. The van der Waals surface area contributed by atoms with Gasteiger partial charge in [-0.2, -0.15) is 0 Å². The Morgan fingerprint density at radius 1 is 0.306 bits per heavy atom. The van der Waals surface area contributed by atoms with E-state index in [2.05, 4.69) is 87.7 Å². The molecular formula is C33H21N3. The van der Waals surface area contributed by atoms with E-state index in [0.29, 0.717) is 0 Å². The van der Waals surface area contributed by atoms with Gasteiger partial charge in [0.25, 0.3) is 0 Å². The maximum atomic E-state index is 4.59. The molecule has 3 heteroatoms. The van der Waals surface area contributed by atoms with Crippen LogP contribution in [0.2, 0.25) is 0 Å². The summed E-state index contributed by atoms with van der Waals surface area (Å²) in [4.78, 5) is 13.8. The lowest BCUT2D eigenvalue weighted by molar-refractivity contribution is 1.33. The fourth-order valence-corrected chi connectivity index (χ4v) is 5.08. The van der Waals surface area contributed by atoms with E-state index in [-0.39, 0.29) is 0 Å². The average Bonchev–Trinajstić information content (AvgIpc) is 2.98. The summed E-state index contributed by atoms with van der Waals surface area (Å²) in [6, 6.07) is 38.1. The summed E-state index contributed by atoms with van der Waals surface area (Å²) in [7, 11) is 0. The molecule has 36 heavy (non-hydrogen) atoms. The zero-order valence-corrected chi connectivity index (χ0v) is 19.5. The van der Waals surface area contributed by atoms with E-state index in [1.165, 1.54) is 32.3 Å². The molecule has 3 heterocycles. The van der Waals surface area contributed by atoms with Crippen LogP contribution < -0.4 is 0 Å². The molecule has 0 unspecified atom stereocenters. The van der Waals surface area contributed by atoms with E-state index < -0.39 is 0 Å². The molecule has 0 aliphatic heterocycles. The van der Waals surface area contributed by atoms with Crippen LogP contribution in [0.5, 0.6) is 0 Å². The molecule has 0 spiro atoms. The predicted molar refractivity (Wildman–Crippen MR) is 149 cm³/mol. The first-order valence-corrected chi connectivity index (χ1v) is 12.0. The van der Waals surface area contributed by atoms with Gasteiger partial charge in [-0.15, -0.1) is 0 Å². The lowest BCUT2D eigenvalue weighted by Crippen LogP contribution is -1.89.